The highest BCUT2D eigenvalue weighted by atomic mass is 32.2. The summed E-state index contributed by atoms with van der Waals surface area (Å²) < 4.78 is 13.4. The summed E-state index contributed by atoms with van der Waals surface area (Å²) in [6.07, 6.45) is 8.59. The Labute approximate surface area is 100 Å². The van der Waals surface area contributed by atoms with Crippen molar-refractivity contribution in [1.29, 1.82) is 0 Å². The smallest absolute Gasteiger partial charge is 0.165 e. The van der Waals surface area contributed by atoms with E-state index in [-0.39, 0.29) is 5.82 Å². The van der Waals surface area contributed by atoms with E-state index < -0.39 is 0 Å². The first-order valence-electron chi connectivity index (χ1n) is 5.71. The Kier molecular flexibility index (Phi) is 4.04. The molecule has 0 saturated heterocycles. The lowest BCUT2D eigenvalue weighted by atomic mass is 9.95. The highest BCUT2D eigenvalue weighted by molar-refractivity contribution is 7.99. The molecule has 2 nitrogen and oxygen atoms in total. The number of aromatic nitrogens is 1. The predicted octanol–water partition coefficient (Wildman–Crippen LogP) is 3.31. The standard InChI is InChI=1S/C12H17FN2S/c1-16-11-7-3-2-6-10(11)15-12-9(13)5-4-8-14-12/h4-5,8,10-11H,2-3,6-7H2,1H3,(H,14,15). The minimum atomic E-state index is -0.257. The third-order valence-corrected chi connectivity index (χ3v) is 4.26. The minimum absolute atomic E-state index is 0.257. The lowest BCUT2D eigenvalue weighted by molar-refractivity contribution is 0.471. The van der Waals surface area contributed by atoms with Gasteiger partial charge in [-0.3, -0.25) is 0 Å². The molecule has 88 valence electrons. The van der Waals surface area contributed by atoms with Crippen molar-refractivity contribution in [2.24, 2.45) is 0 Å². The van der Waals surface area contributed by atoms with E-state index in [1.54, 1.807) is 12.3 Å². The molecular formula is C12H17FN2S. The molecule has 2 rings (SSSR count). The molecule has 0 radical (unpaired) electrons. The average molecular weight is 240 g/mol. The van der Waals surface area contributed by atoms with Gasteiger partial charge in [-0.05, 0) is 31.2 Å². The molecule has 1 aromatic heterocycles. The van der Waals surface area contributed by atoms with Crippen LogP contribution in [-0.4, -0.2) is 22.5 Å². The molecule has 0 spiro atoms. The molecule has 1 N–H and O–H groups in total. The summed E-state index contributed by atoms with van der Waals surface area (Å²) in [7, 11) is 0. The van der Waals surface area contributed by atoms with Crippen LogP contribution in [0, 0.1) is 5.82 Å². The van der Waals surface area contributed by atoms with Crippen molar-refractivity contribution < 1.29 is 4.39 Å². The van der Waals surface area contributed by atoms with Crippen LogP contribution in [0.25, 0.3) is 0 Å². The number of rotatable bonds is 3. The first kappa shape index (κ1) is 11.7. The molecule has 1 aliphatic rings. The monoisotopic (exact) mass is 240 g/mol. The predicted molar refractivity (Wildman–Crippen MR) is 67.4 cm³/mol. The van der Waals surface area contributed by atoms with Crippen LogP contribution in [-0.2, 0) is 0 Å². The maximum atomic E-state index is 13.4. The van der Waals surface area contributed by atoms with E-state index in [4.69, 9.17) is 0 Å². The van der Waals surface area contributed by atoms with Gasteiger partial charge in [0.25, 0.3) is 0 Å². The van der Waals surface area contributed by atoms with Gasteiger partial charge in [0.2, 0.25) is 0 Å². The molecule has 2 atom stereocenters. The molecule has 0 aromatic carbocycles. The van der Waals surface area contributed by atoms with E-state index in [9.17, 15) is 4.39 Å². The number of anilines is 1. The summed E-state index contributed by atoms with van der Waals surface area (Å²) in [5.41, 5.74) is 0. The van der Waals surface area contributed by atoms with Crippen molar-refractivity contribution in [2.45, 2.75) is 37.0 Å². The van der Waals surface area contributed by atoms with E-state index in [1.807, 2.05) is 11.8 Å². The molecule has 1 fully saturated rings. The second kappa shape index (κ2) is 5.53. The second-order valence-corrected chi connectivity index (χ2v) is 5.22. The first-order valence-corrected chi connectivity index (χ1v) is 7.00. The van der Waals surface area contributed by atoms with Crippen molar-refractivity contribution in [3.63, 3.8) is 0 Å². The van der Waals surface area contributed by atoms with Crippen LogP contribution in [0.5, 0.6) is 0 Å². The molecule has 1 aromatic rings. The summed E-state index contributed by atoms with van der Waals surface area (Å²) in [6.45, 7) is 0. The molecule has 4 heteroatoms. The fourth-order valence-electron chi connectivity index (χ4n) is 2.21. The van der Waals surface area contributed by atoms with Crippen molar-refractivity contribution in [2.75, 3.05) is 11.6 Å². The molecule has 1 heterocycles. The third kappa shape index (κ3) is 2.67. The largest absolute Gasteiger partial charge is 0.364 e. The minimum Gasteiger partial charge on any atom is -0.364 e. The third-order valence-electron chi connectivity index (χ3n) is 3.09. The number of halogens is 1. The number of hydrogen-bond donors (Lipinski definition) is 1. The van der Waals surface area contributed by atoms with Gasteiger partial charge in [0, 0.05) is 17.5 Å². The zero-order valence-electron chi connectivity index (χ0n) is 9.45. The summed E-state index contributed by atoms with van der Waals surface area (Å²) >= 11 is 1.87. The van der Waals surface area contributed by atoms with Gasteiger partial charge in [-0.15, -0.1) is 0 Å². The Morgan fingerprint density at radius 1 is 1.44 bits per heavy atom. The summed E-state index contributed by atoms with van der Waals surface area (Å²) in [6, 6.07) is 3.42. The van der Waals surface area contributed by atoms with Gasteiger partial charge >= 0.3 is 0 Å². The van der Waals surface area contributed by atoms with Gasteiger partial charge in [0.1, 0.15) is 0 Å². The molecule has 0 aliphatic heterocycles. The maximum Gasteiger partial charge on any atom is 0.165 e. The Hall–Kier alpha value is -0.770. The highest BCUT2D eigenvalue weighted by Gasteiger charge is 2.24. The summed E-state index contributed by atoms with van der Waals surface area (Å²) in [5, 5.41) is 3.82. The van der Waals surface area contributed by atoms with E-state index in [1.165, 1.54) is 25.3 Å². The molecule has 1 aliphatic carbocycles. The summed E-state index contributed by atoms with van der Waals surface area (Å²) in [4.78, 5) is 4.05. The van der Waals surface area contributed by atoms with Crippen LogP contribution in [0.15, 0.2) is 18.3 Å². The number of nitrogens with zero attached hydrogens (tertiary/aromatic N) is 1. The van der Waals surface area contributed by atoms with Crippen LogP contribution in [0.1, 0.15) is 25.7 Å². The van der Waals surface area contributed by atoms with Crippen LogP contribution in [0.3, 0.4) is 0 Å². The van der Waals surface area contributed by atoms with Gasteiger partial charge in [-0.2, -0.15) is 11.8 Å². The van der Waals surface area contributed by atoms with Gasteiger partial charge in [-0.1, -0.05) is 12.8 Å². The maximum absolute atomic E-state index is 13.4. The number of nitrogens with one attached hydrogen (secondary N) is 1. The lowest BCUT2D eigenvalue weighted by Crippen LogP contribution is -2.34. The fraction of sp³-hybridized carbons (Fsp3) is 0.583. The molecule has 0 amide bonds. The van der Waals surface area contributed by atoms with Gasteiger partial charge in [0.15, 0.2) is 11.6 Å². The van der Waals surface area contributed by atoms with Crippen molar-refractivity contribution in [3.8, 4) is 0 Å². The zero-order valence-corrected chi connectivity index (χ0v) is 10.3. The molecular weight excluding hydrogens is 223 g/mol. The van der Waals surface area contributed by atoms with E-state index in [2.05, 4.69) is 16.6 Å². The quantitative estimate of drug-likeness (QED) is 0.877. The van der Waals surface area contributed by atoms with E-state index >= 15 is 0 Å². The first-order chi connectivity index (χ1) is 7.81. The van der Waals surface area contributed by atoms with Gasteiger partial charge < -0.3 is 5.32 Å². The van der Waals surface area contributed by atoms with E-state index in [0.717, 1.165) is 6.42 Å². The summed E-state index contributed by atoms with van der Waals surface area (Å²) in [5.74, 6) is 0.140. The van der Waals surface area contributed by atoms with Gasteiger partial charge in [0.05, 0.1) is 0 Å². The topological polar surface area (TPSA) is 24.9 Å². The van der Waals surface area contributed by atoms with Crippen LogP contribution in [0.4, 0.5) is 10.2 Å². The SMILES string of the molecule is CSC1CCCCC1Nc1ncccc1F. The number of pyridine rings is 1. The van der Waals surface area contributed by atoms with Crippen LogP contribution >= 0.6 is 11.8 Å². The average Bonchev–Trinajstić information content (AvgIpc) is 2.33. The molecule has 16 heavy (non-hydrogen) atoms. The second-order valence-electron chi connectivity index (χ2n) is 4.14. The Morgan fingerprint density at radius 3 is 3.00 bits per heavy atom. The number of thioether (sulfide) groups is 1. The van der Waals surface area contributed by atoms with Crippen LogP contribution in [0.2, 0.25) is 0 Å². The molecule has 0 bridgehead atoms. The molecule has 2 unspecified atom stereocenters. The zero-order chi connectivity index (χ0) is 11.4. The Balaban J connectivity index is 2.05. The Bertz CT molecular complexity index is 346. The van der Waals surface area contributed by atoms with Crippen LogP contribution < -0.4 is 5.32 Å². The molecule has 1 saturated carbocycles. The normalized spacial score (nSPS) is 25.4. The highest BCUT2D eigenvalue weighted by Crippen LogP contribution is 2.29. The lowest BCUT2D eigenvalue weighted by Gasteiger charge is -2.31. The number of hydrogen-bond acceptors (Lipinski definition) is 3. The fourth-order valence-corrected chi connectivity index (χ4v) is 3.15. The van der Waals surface area contributed by atoms with Crippen molar-refractivity contribution >= 4 is 17.6 Å². The Morgan fingerprint density at radius 2 is 2.25 bits per heavy atom. The van der Waals surface area contributed by atoms with Crippen molar-refractivity contribution in [1.82, 2.24) is 4.98 Å². The van der Waals surface area contributed by atoms with Crippen molar-refractivity contribution in [3.05, 3.63) is 24.1 Å². The van der Waals surface area contributed by atoms with E-state index in [0.29, 0.717) is 17.1 Å². The van der Waals surface area contributed by atoms with Gasteiger partial charge in [-0.25, -0.2) is 9.37 Å².